The number of hydrogen-bond donors (Lipinski definition) is 1. The van der Waals surface area contributed by atoms with Crippen molar-refractivity contribution in [3.05, 3.63) is 69.5 Å². The van der Waals surface area contributed by atoms with Crippen molar-refractivity contribution in [1.82, 2.24) is 0 Å². The second-order valence-electron chi connectivity index (χ2n) is 5.80. The van der Waals surface area contributed by atoms with Crippen molar-refractivity contribution in [1.29, 1.82) is 0 Å². The molecular formula is C20H19ClN2O3. The van der Waals surface area contributed by atoms with Crippen molar-refractivity contribution in [2.24, 2.45) is 0 Å². The maximum Gasteiger partial charge on any atom is 0.349 e. The maximum atomic E-state index is 12.4. The molecule has 0 fully saturated rings. The minimum atomic E-state index is -0.666. The average molecular weight is 371 g/mol. The number of rotatable bonds is 5. The van der Waals surface area contributed by atoms with E-state index in [1.165, 1.54) is 0 Å². The summed E-state index contributed by atoms with van der Waals surface area (Å²) >= 11 is 5.83. The first-order chi connectivity index (χ1) is 12.5. The van der Waals surface area contributed by atoms with Gasteiger partial charge in [-0.1, -0.05) is 11.6 Å². The highest BCUT2D eigenvalue weighted by Crippen LogP contribution is 2.22. The summed E-state index contributed by atoms with van der Waals surface area (Å²) in [6, 6.07) is 13.8. The lowest BCUT2D eigenvalue weighted by Gasteiger charge is -2.21. The number of carbonyl (C=O) groups excluding carboxylic acids is 1. The Morgan fingerprint density at radius 1 is 1.08 bits per heavy atom. The van der Waals surface area contributed by atoms with Crippen molar-refractivity contribution in [3.63, 3.8) is 0 Å². The van der Waals surface area contributed by atoms with Gasteiger partial charge in [-0.15, -0.1) is 0 Å². The Bertz CT molecular complexity index is 992. The summed E-state index contributed by atoms with van der Waals surface area (Å²) in [4.78, 5) is 26.8. The summed E-state index contributed by atoms with van der Waals surface area (Å²) in [6.07, 6.45) is 0. The maximum absolute atomic E-state index is 12.4. The van der Waals surface area contributed by atoms with E-state index in [1.807, 2.05) is 18.2 Å². The fraction of sp³-hybridized carbons (Fsp3) is 0.200. The first-order valence-corrected chi connectivity index (χ1v) is 8.79. The number of hydrogen-bond acceptors (Lipinski definition) is 4. The number of anilines is 2. The summed E-state index contributed by atoms with van der Waals surface area (Å²) in [5, 5.41) is 3.94. The second kappa shape index (κ2) is 7.62. The Morgan fingerprint density at radius 2 is 1.77 bits per heavy atom. The minimum absolute atomic E-state index is 0.0389. The number of amides is 1. The van der Waals surface area contributed by atoms with Gasteiger partial charge in [0.25, 0.3) is 5.91 Å². The average Bonchev–Trinajstić information content (AvgIpc) is 2.64. The molecule has 0 aliphatic rings. The van der Waals surface area contributed by atoms with E-state index in [2.05, 4.69) is 24.1 Å². The van der Waals surface area contributed by atoms with Gasteiger partial charge < -0.3 is 14.6 Å². The number of fused-ring (bicyclic) bond motifs is 1. The Labute approximate surface area is 156 Å². The molecule has 1 amide bonds. The monoisotopic (exact) mass is 370 g/mol. The van der Waals surface area contributed by atoms with E-state index in [0.717, 1.165) is 18.8 Å². The second-order valence-corrected chi connectivity index (χ2v) is 6.24. The van der Waals surface area contributed by atoms with Gasteiger partial charge in [0.15, 0.2) is 0 Å². The first-order valence-electron chi connectivity index (χ1n) is 8.41. The fourth-order valence-corrected chi connectivity index (χ4v) is 2.90. The van der Waals surface area contributed by atoms with Gasteiger partial charge in [-0.05, 0) is 56.3 Å². The molecule has 3 aromatic rings. The van der Waals surface area contributed by atoms with E-state index in [4.69, 9.17) is 16.0 Å². The Morgan fingerprint density at radius 3 is 2.42 bits per heavy atom. The third kappa shape index (κ3) is 3.73. The molecule has 0 aliphatic carbocycles. The molecule has 0 aliphatic heterocycles. The lowest BCUT2D eigenvalue weighted by Crippen LogP contribution is -2.22. The molecule has 0 bridgehead atoms. The highest BCUT2D eigenvalue weighted by molar-refractivity contribution is 6.30. The van der Waals surface area contributed by atoms with Crippen LogP contribution in [0.25, 0.3) is 11.0 Å². The van der Waals surface area contributed by atoms with Crippen LogP contribution in [0.4, 0.5) is 11.4 Å². The van der Waals surface area contributed by atoms with E-state index in [-0.39, 0.29) is 5.56 Å². The zero-order valence-electron chi connectivity index (χ0n) is 14.6. The lowest BCUT2D eigenvalue weighted by atomic mass is 10.1. The van der Waals surface area contributed by atoms with Gasteiger partial charge in [-0.3, -0.25) is 4.79 Å². The SMILES string of the molecule is CCN(CC)c1ccc2cc(C(=O)Nc3ccc(Cl)cc3)c(=O)oc2c1. The summed E-state index contributed by atoms with van der Waals surface area (Å²) < 4.78 is 5.39. The van der Waals surface area contributed by atoms with Crippen LogP contribution in [0.5, 0.6) is 0 Å². The molecule has 0 radical (unpaired) electrons. The van der Waals surface area contributed by atoms with Crippen LogP contribution in [0, 0.1) is 0 Å². The predicted molar refractivity (Wildman–Crippen MR) is 105 cm³/mol. The molecular weight excluding hydrogens is 352 g/mol. The van der Waals surface area contributed by atoms with Gasteiger partial charge in [0, 0.05) is 40.9 Å². The number of nitrogens with one attached hydrogen (secondary N) is 1. The molecule has 0 saturated heterocycles. The summed E-state index contributed by atoms with van der Waals surface area (Å²) in [7, 11) is 0. The standard InChI is InChI=1S/C20H19ClN2O3/c1-3-23(4-2)16-10-5-13-11-17(20(25)26-18(13)12-16)19(24)22-15-8-6-14(21)7-9-15/h5-12H,3-4H2,1-2H3,(H,22,24). The molecule has 0 unspecified atom stereocenters. The zero-order valence-corrected chi connectivity index (χ0v) is 15.3. The minimum Gasteiger partial charge on any atom is -0.422 e. The van der Waals surface area contributed by atoms with Crippen LogP contribution in [-0.4, -0.2) is 19.0 Å². The molecule has 1 aromatic heterocycles. The molecule has 26 heavy (non-hydrogen) atoms. The Hall–Kier alpha value is -2.79. The Balaban J connectivity index is 1.93. The van der Waals surface area contributed by atoms with Gasteiger partial charge in [-0.25, -0.2) is 4.79 Å². The third-order valence-corrected chi connectivity index (χ3v) is 4.45. The number of nitrogens with zero attached hydrogens (tertiary/aromatic N) is 1. The first kappa shape index (κ1) is 18.0. The summed E-state index contributed by atoms with van der Waals surface area (Å²) in [5.41, 5.74) is 1.28. The number of benzene rings is 2. The summed E-state index contributed by atoms with van der Waals surface area (Å²) in [5.74, 6) is -0.518. The normalized spacial score (nSPS) is 10.7. The van der Waals surface area contributed by atoms with Crippen LogP contribution in [0.15, 0.2) is 57.7 Å². The highest BCUT2D eigenvalue weighted by atomic mass is 35.5. The lowest BCUT2D eigenvalue weighted by molar-refractivity contribution is 0.102. The molecule has 1 heterocycles. The van der Waals surface area contributed by atoms with Crippen LogP contribution in [-0.2, 0) is 0 Å². The highest BCUT2D eigenvalue weighted by Gasteiger charge is 2.15. The van der Waals surface area contributed by atoms with Gasteiger partial charge in [-0.2, -0.15) is 0 Å². The molecule has 2 aromatic carbocycles. The van der Waals surface area contributed by atoms with Gasteiger partial charge in [0.1, 0.15) is 11.1 Å². The van der Waals surface area contributed by atoms with Crippen molar-refractivity contribution < 1.29 is 9.21 Å². The van der Waals surface area contributed by atoms with Crippen LogP contribution in [0.1, 0.15) is 24.2 Å². The Kier molecular flexibility index (Phi) is 5.28. The van der Waals surface area contributed by atoms with Crippen LogP contribution in [0.2, 0.25) is 5.02 Å². The quantitative estimate of drug-likeness (QED) is 0.669. The molecule has 0 spiro atoms. The van der Waals surface area contributed by atoms with E-state index >= 15 is 0 Å². The van der Waals surface area contributed by atoms with Gasteiger partial charge in [0.2, 0.25) is 0 Å². The van der Waals surface area contributed by atoms with E-state index in [9.17, 15) is 9.59 Å². The molecule has 3 rings (SSSR count). The molecule has 5 nitrogen and oxygen atoms in total. The number of carbonyl (C=O) groups is 1. The van der Waals surface area contributed by atoms with Crippen molar-refractivity contribution in [2.75, 3.05) is 23.3 Å². The fourth-order valence-electron chi connectivity index (χ4n) is 2.78. The summed E-state index contributed by atoms with van der Waals surface area (Å²) in [6.45, 7) is 5.84. The topological polar surface area (TPSA) is 62.6 Å². The van der Waals surface area contributed by atoms with Crippen molar-refractivity contribution >= 4 is 39.9 Å². The molecule has 6 heteroatoms. The van der Waals surface area contributed by atoms with Crippen LogP contribution in [0.3, 0.4) is 0 Å². The van der Waals surface area contributed by atoms with Crippen LogP contribution < -0.4 is 15.8 Å². The molecule has 0 atom stereocenters. The van der Waals surface area contributed by atoms with Crippen molar-refractivity contribution in [2.45, 2.75) is 13.8 Å². The van der Waals surface area contributed by atoms with E-state index in [1.54, 1.807) is 30.3 Å². The van der Waals surface area contributed by atoms with Crippen LogP contribution >= 0.6 is 11.6 Å². The molecule has 1 N–H and O–H groups in total. The van der Waals surface area contributed by atoms with Gasteiger partial charge >= 0.3 is 5.63 Å². The third-order valence-electron chi connectivity index (χ3n) is 4.19. The molecule has 0 saturated carbocycles. The predicted octanol–water partition coefficient (Wildman–Crippen LogP) is 4.54. The van der Waals surface area contributed by atoms with Crippen molar-refractivity contribution in [3.8, 4) is 0 Å². The number of halogens is 1. The largest absolute Gasteiger partial charge is 0.422 e. The smallest absolute Gasteiger partial charge is 0.349 e. The molecule has 134 valence electrons. The zero-order chi connectivity index (χ0) is 18.7. The van der Waals surface area contributed by atoms with E-state index in [0.29, 0.717) is 21.7 Å². The van der Waals surface area contributed by atoms with Gasteiger partial charge in [0.05, 0.1) is 0 Å². The van der Waals surface area contributed by atoms with E-state index < -0.39 is 11.5 Å².